The van der Waals surface area contributed by atoms with Crippen LogP contribution in [0, 0.1) is 0 Å². The molecule has 110 valence electrons. The lowest BCUT2D eigenvalue weighted by Gasteiger charge is -2.08. The van der Waals surface area contributed by atoms with E-state index >= 15 is 0 Å². The molecule has 0 saturated carbocycles. The van der Waals surface area contributed by atoms with Crippen LogP contribution in [0.3, 0.4) is 0 Å². The Bertz CT molecular complexity index is 885. The van der Waals surface area contributed by atoms with Crippen LogP contribution in [0.4, 0.5) is 0 Å². The van der Waals surface area contributed by atoms with Crippen molar-refractivity contribution in [3.05, 3.63) is 76.1 Å². The number of nitrogens with zero attached hydrogens (tertiary/aromatic N) is 2. The molecule has 0 aliphatic carbocycles. The summed E-state index contributed by atoms with van der Waals surface area (Å²) < 4.78 is 1.55. The molecule has 0 saturated heterocycles. The molecule has 0 spiro atoms. The summed E-state index contributed by atoms with van der Waals surface area (Å²) in [5.41, 5.74) is 1.23. The third kappa shape index (κ3) is 2.61. The molecule has 0 fully saturated rings. The highest BCUT2D eigenvalue weighted by molar-refractivity contribution is 5.95. The quantitative estimate of drug-likeness (QED) is 0.801. The fourth-order valence-corrected chi connectivity index (χ4v) is 2.34. The summed E-state index contributed by atoms with van der Waals surface area (Å²) in [6.45, 7) is 0.358. The molecular formula is C17H15N3O2. The van der Waals surface area contributed by atoms with Gasteiger partial charge in [0.2, 0.25) is 5.43 Å². The number of aryl methyl sites for hydroxylation is 1. The van der Waals surface area contributed by atoms with Crippen molar-refractivity contribution in [3.63, 3.8) is 0 Å². The lowest BCUT2D eigenvalue weighted by molar-refractivity contribution is 0.0943. The standard InChI is InChI=1S/C17H15N3O2/c1-20-14-10-6-5-9-13(14)16(21)15(19-20)17(22)18-11-12-7-3-2-4-8-12/h2-10H,11H2,1H3,(H,18,22). The van der Waals surface area contributed by atoms with Gasteiger partial charge in [-0.05, 0) is 17.7 Å². The molecule has 5 nitrogen and oxygen atoms in total. The first kappa shape index (κ1) is 14.0. The number of carbonyl (C=O) groups is 1. The first-order valence-electron chi connectivity index (χ1n) is 6.95. The van der Waals surface area contributed by atoms with E-state index in [0.29, 0.717) is 17.4 Å². The zero-order valence-electron chi connectivity index (χ0n) is 12.1. The number of amides is 1. The second-order valence-electron chi connectivity index (χ2n) is 4.99. The number of carbonyl (C=O) groups excluding carboxylic acids is 1. The van der Waals surface area contributed by atoms with E-state index in [9.17, 15) is 9.59 Å². The molecule has 22 heavy (non-hydrogen) atoms. The van der Waals surface area contributed by atoms with E-state index in [1.165, 1.54) is 0 Å². The van der Waals surface area contributed by atoms with Crippen LogP contribution in [0.5, 0.6) is 0 Å². The molecule has 1 aromatic heterocycles. The Morgan fingerprint density at radius 1 is 1.09 bits per heavy atom. The molecular weight excluding hydrogens is 278 g/mol. The van der Waals surface area contributed by atoms with Gasteiger partial charge in [-0.2, -0.15) is 5.10 Å². The maximum Gasteiger partial charge on any atom is 0.276 e. The molecule has 5 heteroatoms. The zero-order chi connectivity index (χ0) is 15.5. The van der Waals surface area contributed by atoms with Crippen molar-refractivity contribution < 1.29 is 4.79 Å². The van der Waals surface area contributed by atoms with Gasteiger partial charge in [-0.25, -0.2) is 0 Å². The van der Waals surface area contributed by atoms with Crippen LogP contribution < -0.4 is 10.7 Å². The summed E-state index contributed by atoms with van der Waals surface area (Å²) >= 11 is 0. The van der Waals surface area contributed by atoms with Gasteiger partial charge in [0, 0.05) is 19.0 Å². The Balaban J connectivity index is 1.91. The van der Waals surface area contributed by atoms with Crippen LogP contribution >= 0.6 is 0 Å². The number of rotatable bonds is 3. The highest BCUT2D eigenvalue weighted by atomic mass is 16.2. The number of hydrogen-bond donors (Lipinski definition) is 1. The molecule has 1 amide bonds. The van der Waals surface area contributed by atoms with Crippen molar-refractivity contribution in [1.82, 2.24) is 15.1 Å². The normalized spacial score (nSPS) is 10.6. The van der Waals surface area contributed by atoms with Crippen molar-refractivity contribution in [2.75, 3.05) is 0 Å². The predicted octanol–water partition coefficient (Wildman–Crippen LogP) is 1.86. The minimum absolute atomic E-state index is 0.0860. The van der Waals surface area contributed by atoms with E-state index < -0.39 is 5.91 Å². The van der Waals surface area contributed by atoms with E-state index in [1.54, 1.807) is 29.9 Å². The van der Waals surface area contributed by atoms with Crippen molar-refractivity contribution in [3.8, 4) is 0 Å². The summed E-state index contributed by atoms with van der Waals surface area (Å²) in [4.78, 5) is 24.6. The Hall–Kier alpha value is -2.95. The molecule has 0 aliphatic heterocycles. The van der Waals surface area contributed by atoms with Crippen LogP contribution in [-0.4, -0.2) is 15.7 Å². The molecule has 3 aromatic rings. The van der Waals surface area contributed by atoms with Gasteiger partial charge in [0.15, 0.2) is 5.69 Å². The minimum Gasteiger partial charge on any atom is -0.346 e. The van der Waals surface area contributed by atoms with Crippen molar-refractivity contribution in [2.24, 2.45) is 7.05 Å². The average molecular weight is 293 g/mol. The number of para-hydroxylation sites is 1. The third-order valence-corrected chi connectivity index (χ3v) is 3.47. The maximum absolute atomic E-state index is 12.4. The fourth-order valence-electron chi connectivity index (χ4n) is 2.34. The van der Waals surface area contributed by atoms with Crippen LogP contribution in [0.1, 0.15) is 16.1 Å². The van der Waals surface area contributed by atoms with Gasteiger partial charge < -0.3 is 5.32 Å². The number of benzene rings is 2. The van der Waals surface area contributed by atoms with Gasteiger partial charge in [0.05, 0.1) is 5.52 Å². The zero-order valence-corrected chi connectivity index (χ0v) is 12.1. The highest BCUT2D eigenvalue weighted by Crippen LogP contribution is 2.08. The van der Waals surface area contributed by atoms with E-state index in [2.05, 4.69) is 10.4 Å². The monoisotopic (exact) mass is 293 g/mol. The third-order valence-electron chi connectivity index (χ3n) is 3.47. The summed E-state index contributed by atoms with van der Waals surface area (Å²) in [5.74, 6) is -0.463. The summed E-state index contributed by atoms with van der Waals surface area (Å²) in [6, 6.07) is 16.6. The van der Waals surface area contributed by atoms with E-state index in [-0.39, 0.29) is 11.1 Å². The number of nitrogens with one attached hydrogen (secondary N) is 1. The Morgan fingerprint density at radius 2 is 1.77 bits per heavy atom. The molecule has 0 bridgehead atoms. The topological polar surface area (TPSA) is 64.0 Å². The van der Waals surface area contributed by atoms with Crippen molar-refractivity contribution >= 4 is 16.8 Å². The lowest BCUT2D eigenvalue weighted by atomic mass is 10.2. The largest absolute Gasteiger partial charge is 0.346 e. The van der Waals surface area contributed by atoms with Crippen LogP contribution in [-0.2, 0) is 13.6 Å². The van der Waals surface area contributed by atoms with Gasteiger partial charge in [0.1, 0.15) is 0 Å². The molecule has 3 rings (SSSR count). The number of aromatic nitrogens is 2. The summed E-state index contributed by atoms with van der Waals surface area (Å²) in [7, 11) is 1.72. The van der Waals surface area contributed by atoms with Crippen LogP contribution in [0.25, 0.3) is 10.9 Å². The molecule has 0 aliphatic rings. The molecule has 2 aromatic carbocycles. The fraction of sp³-hybridized carbons (Fsp3) is 0.118. The smallest absolute Gasteiger partial charge is 0.276 e. The summed E-state index contributed by atoms with van der Waals surface area (Å²) in [5, 5.41) is 7.33. The van der Waals surface area contributed by atoms with Crippen LogP contribution in [0.15, 0.2) is 59.4 Å². The first-order chi connectivity index (χ1) is 10.7. The molecule has 0 unspecified atom stereocenters. The first-order valence-corrected chi connectivity index (χ1v) is 6.95. The lowest BCUT2D eigenvalue weighted by Crippen LogP contribution is -2.31. The van der Waals surface area contributed by atoms with Gasteiger partial charge in [-0.1, -0.05) is 42.5 Å². The van der Waals surface area contributed by atoms with Crippen molar-refractivity contribution in [1.29, 1.82) is 0 Å². The molecule has 1 heterocycles. The van der Waals surface area contributed by atoms with Crippen LogP contribution in [0.2, 0.25) is 0 Å². The van der Waals surface area contributed by atoms with E-state index in [1.807, 2.05) is 36.4 Å². The average Bonchev–Trinajstić information content (AvgIpc) is 2.57. The minimum atomic E-state index is -0.463. The SMILES string of the molecule is Cn1nc(C(=O)NCc2ccccc2)c(=O)c2ccccc21. The summed E-state index contributed by atoms with van der Waals surface area (Å²) in [6.07, 6.45) is 0. The highest BCUT2D eigenvalue weighted by Gasteiger charge is 2.15. The number of hydrogen-bond acceptors (Lipinski definition) is 3. The van der Waals surface area contributed by atoms with Gasteiger partial charge >= 0.3 is 0 Å². The maximum atomic E-state index is 12.4. The van der Waals surface area contributed by atoms with Gasteiger partial charge in [-0.15, -0.1) is 0 Å². The molecule has 0 radical (unpaired) electrons. The van der Waals surface area contributed by atoms with Gasteiger partial charge in [0.25, 0.3) is 5.91 Å². The Morgan fingerprint density at radius 3 is 2.55 bits per heavy atom. The number of fused-ring (bicyclic) bond motifs is 1. The second kappa shape index (κ2) is 5.81. The van der Waals surface area contributed by atoms with Gasteiger partial charge in [-0.3, -0.25) is 14.3 Å². The van der Waals surface area contributed by atoms with Crippen molar-refractivity contribution in [2.45, 2.75) is 6.54 Å². The Labute approximate surface area is 127 Å². The predicted molar refractivity (Wildman–Crippen MR) is 84.6 cm³/mol. The second-order valence-corrected chi connectivity index (χ2v) is 4.99. The molecule has 0 atom stereocenters. The molecule has 1 N–H and O–H groups in total. The van der Waals surface area contributed by atoms with E-state index in [4.69, 9.17) is 0 Å². The Kier molecular flexibility index (Phi) is 3.70. The van der Waals surface area contributed by atoms with E-state index in [0.717, 1.165) is 5.56 Å².